The Labute approximate surface area is 378 Å². The Morgan fingerprint density at radius 1 is 0.281 bits per heavy atom. The quantitative estimate of drug-likeness (QED) is 0.178. The molecule has 0 saturated carbocycles. The summed E-state index contributed by atoms with van der Waals surface area (Å²) in [5, 5.41) is 33.7. The molecule has 0 amide bonds. The third-order valence-electron chi connectivity index (χ3n) is 9.00. The second kappa shape index (κ2) is 21.8. The maximum Gasteiger partial charge on any atom is 3.00 e. The number of carboxylic acids is 3. The third kappa shape index (κ3) is 10.6. The van der Waals surface area contributed by atoms with Gasteiger partial charge in [-0.05, 0) is 109 Å². The van der Waals surface area contributed by atoms with Crippen LogP contribution in [0, 0.1) is 0 Å². The van der Waals surface area contributed by atoms with Crippen LogP contribution in [0.15, 0.2) is 183 Å². The summed E-state index contributed by atoms with van der Waals surface area (Å²) < 4.78 is 0. The molecular formula is C48H30N9O6Ru. The summed E-state index contributed by atoms with van der Waals surface area (Å²) in [6, 6.07) is 36.4. The SMILES string of the molecule is O=C([O-])c1cccnc1-c1ncccc1-c1ccccn1.O=C([O-])c1cccnc1-c1ncccc1-c1ccccn1.O=C([O-])c1cccnc1-c1ncccc1-c1ccccn1.[Ru+3]. The van der Waals surface area contributed by atoms with E-state index < -0.39 is 17.9 Å². The fraction of sp³-hybridized carbons (Fsp3) is 0. The van der Waals surface area contributed by atoms with Crippen LogP contribution in [0.1, 0.15) is 31.1 Å². The van der Waals surface area contributed by atoms with Crippen molar-refractivity contribution in [3.8, 4) is 67.9 Å². The molecule has 9 aromatic heterocycles. The molecule has 0 bridgehead atoms. The molecule has 0 fully saturated rings. The van der Waals surface area contributed by atoms with Crippen LogP contribution < -0.4 is 15.3 Å². The van der Waals surface area contributed by atoms with Gasteiger partial charge >= 0.3 is 19.5 Å². The average Bonchev–Trinajstić information content (AvgIpc) is 3.35. The van der Waals surface area contributed by atoms with Crippen LogP contribution in [0.3, 0.4) is 0 Å². The minimum Gasteiger partial charge on any atom is -0.545 e. The predicted molar refractivity (Wildman–Crippen MR) is 225 cm³/mol. The summed E-state index contributed by atoms with van der Waals surface area (Å²) in [5.41, 5.74) is 6.54. The molecular weight excluding hydrogens is 900 g/mol. The van der Waals surface area contributed by atoms with E-state index in [0.29, 0.717) is 34.2 Å². The molecule has 0 spiro atoms. The van der Waals surface area contributed by atoms with Crippen molar-refractivity contribution >= 4 is 17.9 Å². The second-order valence-corrected chi connectivity index (χ2v) is 12.9. The molecule has 0 aliphatic rings. The molecule has 311 valence electrons. The van der Waals surface area contributed by atoms with E-state index in [2.05, 4.69) is 44.9 Å². The normalized spacial score (nSPS) is 10.1. The molecule has 9 rings (SSSR count). The number of aromatic carboxylic acids is 3. The van der Waals surface area contributed by atoms with Crippen molar-refractivity contribution in [1.29, 1.82) is 0 Å². The van der Waals surface area contributed by atoms with Gasteiger partial charge < -0.3 is 29.7 Å². The van der Waals surface area contributed by atoms with Gasteiger partial charge in [0.2, 0.25) is 0 Å². The Hall–Kier alpha value is -8.62. The number of hydrogen-bond donors (Lipinski definition) is 0. The van der Waals surface area contributed by atoms with Crippen molar-refractivity contribution in [2.45, 2.75) is 0 Å². The van der Waals surface area contributed by atoms with Crippen molar-refractivity contribution in [3.05, 3.63) is 200 Å². The first-order valence-corrected chi connectivity index (χ1v) is 18.9. The summed E-state index contributed by atoms with van der Waals surface area (Å²) in [4.78, 5) is 71.8. The zero-order valence-corrected chi connectivity index (χ0v) is 34.9. The van der Waals surface area contributed by atoms with E-state index in [9.17, 15) is 29.7 Å². The van der Waals surface area contributed by atoms with Gasteiger partial charge in [0.25, 0.3) is 0 Å². The first-order chi connectivity index (χ1) is 30.8. The van der Waals surface area contributed by atoms with Crippen LogP contribution >= 0.6 is 0 Å². The number of rotatable bonds is 9. The van der Waals surface area contributed by atoms with Crippen LogP contribution in [0.2, 0.25) is 0 Å². The molecule has 0 saturated heterocycles. The van der Waals surface area contributed by atoms with E-state index in [0.717, 1.165) is 16.7 Å². The number of carbonyl (C=O) groups is 3. The van der Waals surface area contributed by atoms with E-state index in [1.165, 1.54) is 36.8 Å². The Balaban J connectivity index is 0.000000158. The number of aromatic nitrogens is 9. The molecule has 0 atom stereocenters. The van der Waals surface area contributed by atoms with Gasteiger partial charge in [0.05, 0.1) is 69.2 Å². The molecule has 1 radical (unpaired) electrons. The van der Waals surface area contributed by atoms with Gasteiger partial charge in [-0.1, -0.05) is 18.2 Å². The molecule has 9 aromatic rings. The first kappa shape index (κ1) is 44.9. The number of hydrogen-bond acceptors (Lipinski definition) is 15. The Morgan fingerprint density at radius 3 is 0.750 bits per heavy atom. The monoisotopic (exact) mass is 930 g/mol. The maximum absolute atomic E-state index is 11.2. The number of carbonyl (C=O) groups excluding carboxylic acids is 3. The predicted octanol–water partition coefficient (Wildman–Crippen LogP) is 4.70. The molecule has 64 heavy (non-hydrogen) atoms. The summed E-state index contributed by atoms with van der Waals surface area (Å²) in [5.74, 6) is -3.85. The smallest absolute Gasteiger partial charge is 0.545 e. The van der Waals surface area contributed by atoms with Gasteiger partial charge in [-0.3, -0.25) is 44.9 Å². The van der Waals surface area contributed by atoms with Crippen LogP contribution in [-0.4, -0.2) is 62.8 Å². The maximum atomic E-state index is 11.2. The van der Waals surface area contributed by atoms with Gasteiger partial charge in [-0.15, -0.1) is 0 Å². The van der Waals surface area contributed by atoms with Crippen molar-refractivity contribution in [3.63, 3.8) is 0 Å². The van der Waals surface area contributed by atoms with Crippen molar-refractivity contribution in [1.82, 2.24) is 44.9 Å². The summed E-state index contributed by atoms with van der Waals surface area (Å²) in [6.07, 6.45) is 14.4. The van der Waals surface area contributed by atoms with Gasteiger partial charge in [0.15, 0.2) is 0 Å². The van der Waals surface area contributed by atoms with Gasteiger partial charge in [0, 0.05) is 89.2 Å². The fourth-order valence-electron chi connectivity index (χ4n) is 6.24. The van der Waals surface area contributed by atoms with E-state index in [-0.39, 0.29) is 53.3 Å². The topological polar surface area (TPSA) is 236 Å². The molecule has 0 N–H and O–H groups in total. The summed E-state index contributed by atoms with van der Waals surface area (Å²) in [7, 11) is 0. The third-order valence-corrected chi connectivity index (χ3v) is 9.00. The summed E-state index contributed by atoms with van der Waals surface area (Å²) in [6.45, 7) is 0. The van der Waals surface area contributed by atoms with Crippen molar-refractivity contribution in [2.24, 2.45) is 0 Å². The standard InChI is InChI=1S/3C16H11N3O2.Ru/c3*20-16(21)12-6-4-10-19-15(12)14-11(5-3-9-18-14)13-7-1-2-8-17-13;/h3*1-10H,(H,20,21);/q;;;+3/p-3. The Bertz CT molecular complexity index is 2700. The van der Waals surface area contributed by atoms with E-state index in [4.69, 9.17) is 0 Å². The van der Waals surface area contributed by atoms with Gasteiger partial charge in [-0.25, -0.2) is 0 Å². The number of pyridine rings is 9. The average molecular weight is 930 g/mol. The Kier molecular flexibility index (Phi) is 15.3. The minimum atomic E-state index is -1.28. The largest absolute Gasteiger partial charge is 3.00 e. The van der Waals surface area contributed by atoms with Crippen LogP contribution in [-0.2, 0) is 19.5 Å². The molecule has 0 aromatic carbocycles. The molecule has 15 nitrogen and oxygen atoms in total. The van der Waals surface area contributed by atoms with Crippen LogP contribution in [0.25, 0.3) is 67.9 Å². The van der Waals surface area contributed by atoms with Crippen LogP contribution in [0.4, 0.5) is 0 Å². The molecule has 0 unspecified atom stereocenters. The van der Waals surface area contributed by atoms with Crippen LogP contribution in [0.5, 0.6) is 0 Å². The van der Waals surface area contributed by atoms with Gasteiger partial charge in [-0.2, -0.15) is 0 Å². The molecule has 16 heteroatoms. The van der Waals surface area contributed by atoms with E-state index in [1.54, 1.807) is 73.6 Å². The minimum absolute atomic E-state index is 0. The Morgan fingerprint density at radius 2 is 0.516 bits per heavy atom. The molecule has 0 aliphatic heterocycles. The zero-order chi connectivity index (χ0) is 44.0. The zero-order valence-electron chi connectivity index (χ0n) is 33.1. The van der Waals surface area contributed by atoms with Gasteiger partial charge in [0.1, 0.15) is 0 Å². The number of nitrogens with zero attached hydrogens (tertiary/aromatic N) is 9. The first-order valence-electron chi connectivity index (χ1n) is 18.9. The number of carboxylic acid groups (broad SMARTS) is 3. The van der Waals surface area contributed by atoms with E-state index >= 15 is 0 Å². The van der Waals surface area contributed by atoms with E-state index in [1.807, 2.05) is 72.8 Å². The fourth-order valence-corrected chi connectivity index (χ4v) is 6.24. The van der Waals surface area contributed by atoms with Crippen molar-refractivity contribution < 1.29 is 49.2 Å². The summed E-state index contributed by atoms with van der Waals surface area (Å²) >= 11 is 0. The van der Waals surface area contributed by atoms with Crippen molar-refractivity contribution in [2.75, 3.05) is 0 Å². The second-order valence-electron chi connectivity index (χ2n) is 12.9. The molecule has 0 aliphatic carbocycles. The molecule has 9 heterocycles.